The zero-order valence-electron chi connectivity index (χ0n) is 12.3. The van der Waals surface area contributed by atoms with Crippen LogP contribution in [0.3, 0.4) is 0 Å². The van der Waals surface area contributed by atoms with Gasteiger partial charge in [0.25, 0.3) is 11.8 Å². The summed E-state index contributed by atoms with van der Waals surface area (Å²) in [6.45, 7) is 3.25. The van der Waals surface area contributed by atoms with Crippen molar-refractivity contribution >= 4 is 29.1 Å². The van der Waals surface area contributed by atoms with Gasteiger partial charge in [-0.05, 0) is 30.7 Å². The van der Waals surface area contributed by atoms with E-state index in [1.165, 1.54) is 4.90 Å². The van der Waals surface area contributed by atoms with Gasteiger partial charge in [0.15, 0.2) is 0 Å². The lowest BCUT2D eigenvalue weighted by Gasteiger charge is -2.22. The van der Waals surface area contributed by atoms with Crippen molar-refractivity contribution in [3.63, 3.8) is 0 Å². The third kappa shape index (κ3) is 3.43. The molecule has 0 saturated carbocycles. The Morgan fingerprint density at radius 2 is 1.95 bits per heavy atom. The van der Waals surface area contributed by atoms with Crippen LogP contribution in [0.2, 0.25) is 5.02 Å². The number of benzene rings is 1. The first-order chi connectivity index (χ1) is 9.90. The Morgan fingerprint density at radius 3 is 2.48 bits per heavy atom. The molecule has 1 aliphatic rings. The van der Waals surface area contributed by atoms with E-state index in [4.69, 9.17) is 11.6 Å². The van der Waals surface area contributed by atoms with Crippen molar-refractivity contribution in [3.8, 4) is 0 Å². The maximum Gasteiger partial charge on any atom is 0.255 e. The summed E-state index contributed by atoms with van der Waals surface area (Å²) in [7, 11) is 3.33. The quantitative estimate of drug-likeness (QED) is 0.839. The van der Waals surface area contributed by atoms with Gasteiger partial charge in [-0.3, -0.25) is 9.59 Å². The van der Waals surface area contributed by atoms with Gasteiger partial charge in [0, 0.05) is 37.8 Å². The van der Waals surface area contributed by atoms with Crippen molar-refractivity contribution in [2.75, 3.05) is 32.5 Å². The molecule has 0 spiro atoms. The molecule has 1 heterocycles. The van der Waals surface area contributed by atoms with Crippen LogP contribution in [-0.2, 0) is 4.79 Å². The number of halogens is 1. The second-order valence-corrected chi connectivity index (χ2v) is 5.61. The topological polar surface area (TPSA) is 61.4 Å². The molecule has 0 bridgehead atoms. The van der Waals surface area contributed by atoms with Crippen molar-refractivity contribution in [1.82, 2.24) is 10.2 Å². The minimum atomic E-state index is -0.207. The summed E-state index contributed by atoms with van der Waals surface area (Å²) in [5.41, 5.74) is 2.60. The second-order valence-electron chi connectivity index (χ2n) is 5.18. The van der Waals surface area contributed by atoms with Crippen LogP contribution in [0.15, 0.2) is 29.3 Å². The molecule has 0 unspecified atom stereocenters. The molecule has 1 fully saturated rings. The van der Waals surface area contributed by atoms with E-state index in [-0.39, 0.29) is 11.8 Å². The van der Waals surface area contributed by atoms with Gasteiger partial charge in [-0.15, -0.1) is 0 Å². The molecule has 2 N–H and O–H groups in total. The highest BCUT2D eigenvalue weighted by Crippen LogP contribution is 2.23. The number of anilines is 1. The van der Waals surface area contributed by atoms with Gasteiger partial charge in [-0.25, -0.2) is 0 Å². The molecule has 1 saturated heterocycles. The van der Waals surface area contributed by atoms with E-state index in [1.54, 1.807) is 39.2 Å². The fraction of sp³-hybridized carbons (Fsp3) is 0.333. The molecule has 1 aromatic carbocycles. The highest BCUT2D eigenvalue weighted by molar-refractivity contribution is 6.31. The molecule has 0 aliphatic carbocycles. The van der Waals surface area contributed by atoms with Gasteiger partial charge in [0.1, 0.15) is 0 Å². The lowest BCUT2D eigenvalue weighted by atomic mass is 10.0. The highest BCUT2D eigenvalue weighted by atomic mass is 35.5. The summed E-state index contributed by atoms with van der Waals surface area (Å²) < 4.78 is 0. The Bertz CT molecular complexity index is 617. The number of hydrogen-bond donors (Lipinski definition) is 2. The number of nitrogens with zero attached hydrogens (tertiary/aromatic N) is 1. The standard InChI is InChI=1S/C15H18ClN3O2/c1-9(10-7-17-8-10)14(20)18-13-6-11(16)4-5-12(13)15(21)19(2)3/h4-6,17H,7-8H2,1-3H3,(H,18,20). The zero-order valence-corrected chi connectivity index (χ0v) is 13.0. The lowest BCUT2D eigenvalue weighted by molar-refractivity contribution is -0.112. The van der Waals surface area contributed by atoms with Gasteiger partial charge in [-0.2, -0.15) is 0 Å². The summed E-state index contributed by atoms with van der Waals surface area (Å²) in [5.74, 6) is -0.390. The van der Waals surface area contributed by atoms with Crippen molar-refractivity contribution < 1.29 is 9.59 Å². The lowest BCUT2D eigenvalue weighted by Crippen LogP contribution is -2.36. The number of rotatable bonds is 3. The van der Waals surface area contributed by atoms with E-state index in [2.05, 4.69) is 10.6 Å². The molecule has 0 atom stereocenters. The van der Waals surface area contributed by atoms with E-state index >= 15 is 0 Å². The van der Waals surface area contributed by atoms with E-state index in [1.807, 2.05) is 0 Å². The Kier molecular flexibility index (Phi) is 4.65. The molecule has 6 heteroatoms. The van der Waals surface area contributed by atoms with Crippen LogP contribution in [0, 0.1) is 0 Å². The fourth-order valence-corrected chi connectivity index (χ4v) is 2.11. The summed E-state index contributed by atoms with van der Waals surface area (Å²) in [4.78, 5) is 25.8. The minimum absolute atomic E-state index is 0.183. The maximum atomic E-state index is 12.2. The average Bonchev–Trinajstić information content (AvgIpc) is 2.35. The first-order valence-electron chi connectivity index (χ1n) is 6.62. The predicted molar refractivity (Wildman–Crippen MR) is 83.7 cm³/mol. The van der Waals surface area contributed by atoms with Crippen LogP contribution in [0.25, 0.3) is 0 Å². The molecule has 5 nitrogen and oxygen atoms in total. The molecule has 0 aromatic heterocycles. The Hall–Kier alpha value is -1.85. The summed E-state index contributed by atoms with van der Waals surface area (Å²) in [6.07, 6.45) is 0. The van der Waals surface area contributed by atoms with E-state index in [0.29, 0.717) is 21.8 Å². The van der Waals surface area contributed by atoms with Gasteiger partial charge < -0.3 is 15.5 Å². The molecule has 0 radical (unpaired) electrons. The van der Waals surface area contributed by atoms with Crippen molar-refractivity contribution in [2.24, 2.45) is 0 Å². The summed E-state index contributed by atoms with van der Waals surface area (Å²) >= 11 is 5.97. The largest absolute Gasteiger partial charge is 0.345 e. The number of hydrogen-bond acceptors (Lipinski definition) is 3. The van der Waals surface area contributed by atoms with Crippen LogP contribution in [-0.4, -0.2) is 43.9 Å². The van der Waals surface area contributed by atoms with E-state index in [0.717, 1.165) is 18.7 Å². The minimum Gasteiger partial charge on any atom is -0.345 e. The number of nitrogens with one attached hydrogen (secondary N) is 2. The van der Waals surface area contributed by atoms with Crippen LogP contribution in [0.1, 0.15) is 17.3 Å². The van der Waals surface area contributed by atoms with Crippen molar-refractivity contribution in [3.05, 3.63) is 39.9 Å². The van der Waals surface area contributed by atoms with E-state index < -0.39 is 0 Å². The third-order valence-electron chi connectivity index (χ3n) is 3.41. The van der Waals surface area contributed by atoms with Crippen molar-refractivity contribution in [1.29, 1.82) is 0 Å². The molecular formula is C15H18ClN3O2. The normalized spacial score (nSPS) is 13.4. The van der Waals surface area contributed by atoms with Crippen LogP contribution < -0.4 is 10.6 Å². The molecule has 21 heavy (non-hydrogen) atoms. The van der Waals surface area contributed by atoms with Crippen molar-refractivity contribution in [2.45, 2.75) is 6.92 Å². The molecule has 1 aliphatic heterocycles. The smallest absolute Gasteiger partial charge is 0.255 e. The molecule has 112 valence electrons. The summed E-state index contributed by atoms with van der Waals surface area (Å²) in [5, 5.41) is 6.34. The zero-order chi connectivity index (χ0) is 15.6. The summed E-state index contributed by atoms with van der Waals surface area (Å²) in [6, 6.07) is 4.84. The Labute approximate surface area is 129 Å². The van der Waals surface area contributed by atoms with Crippen LogP contribution in [0.4, 0.5) is 5.69 Å². The monoisotopic (exact) mass is 307 g/mol. The van der Waals surface area contributed by atoms with Gasteiger partial charge >= 0.3 is 0 Å². The molecule has 1 aromatic rings. The van der Waals surface area contributed by atoms with Crippen LogP contribution >= 0.6 is 11.6 Å². The van der Waals surface area contributed by atoms with Gasteiger partial charge in [-0.1, -0.05) is 11.6 Å². The van der Waals surface area contributed by atoms with Crippen LogP contribution in [0.5, 0.6) is 0 Å². The van der Waals surface area contributed by atoms with E-state index in [9.17, 15) is 9.59 Å². The Morgan fingerprint density at radius 1 is 1.29 bits per heavy atom. The van der Waals surface area contributed by atoms with Gasteiger partial charge in [0.2, 0.25) is 0 Å². The average molecular weight is 308 g/mol. The predicted octanol–water partition coefficient (Wildman–Crippen LogP) is 1.90. The third-order valence-corrected chi connectivity index (χ3v) is 3.65. The SMILES string of the molecule is CC(C(=O)Nc1cc(Cl)ccc1C(=O)N(C)C)=C1CNC1. The highest BCUT2D eigenvalue weighted by Gasteiger charge is 2.19. The maximum absolute atomic E-state index is 12.2. The second kappa shape index (κ2) is 6.28. The molecule has 2 rings (SSSR count). The number of amides is 2. The first kappa shape index (κ1) is 15.5. The first-order valence-corrected chi connectivity index (χ1v) is 7.00. The molecule has 2 amide bonds. The number of carbonyl (C=O) groups excluding carboxylic acids is 2. The molecular weight excluding hydrogens is 290 g/mol. The van der Waals surface area contributed by atoms with Gasteiger partial charge in [0.05, 0.1) is 11.3 Å². The number of carbonyl (C=O) groups is 2. The fourth-order valence-electron chi connectivity index (χ4n) is 1.94. The Balaban J connectivity index is 2.28.